The van der Waals surface area contributed by atoms with Crippen molar-refractivity contribution in [1.82, 2.24) is 4.98 Å². The molecule has 0 aliphatic heterocycles. The van der Waals surface area contributed by atoms with E-state index in [9.17, 15) is 9.18 Å². The molecular weight excluding hydrogens is 331 g/mol. The number of carbonyl (C=O) groups excluding carboxylic acids is 1. The van der Waals surface area contributed by atoms with Crippen LogP contribution in [0.5, 0.6) is 0 Å². The smallest absolute Gasteiger partial charge is 0.255 e. The Morgan fingerprint density at radius 3 is 2.46 bits per heavy atom. The van der Waals surface area contributed by atoms with Crippen LogP contribution >= 0.6 is 0 Å². The maximum atomic E-state index is 13.3. The van der Waals surface area contributed by atoms with E-state index in [1.807, 2.05) is 43.3 Å². The summed E-state index contributed by atoms with van der Waals surface area (Å²) in [6.07, 6.45) is 1.53. The Labute approximate surface area is 151 Å². The molecule has 0 saturated heterocycles. The van der Waals surface area contributed by atoms with Crippen LogP contribution in [0.25, 0.3) is 0 Å². The number of amides is 1. The highest BCUT2D eigenvalue weighted by molar-refractivity contribution is 6.04. The highest BCUT2D eigenvalue weighted by Crippen LogP contribution is 2.19. The zero-order valence-corrected chi connectivity index (χ0v) is 14.5. The molecule has 26 heavy (non-hydrogen) atoms. The van der Waals surface area contributed by atoms with Crippen LogP contribution in [0.2, 0.25) is 0 Å². The molecule has 1 heterocycles. The molecule has 3 aromatic rings. The van der Waals surface area contributed by atoms with Gasteiger partial charge in [-0.15, -0.1) is 0 Å². The molecule has 0 radical (unpaired) electrons. The fourth-order valence-corrected chi connectivity index (χ4v) is 2.40. The lowest BCUT2D eigenvalue weighted by Crippen LogP contribution is -2.13. The first kappa shape index (κ1) is 17.4. The minimum absolute atomic E-state index is 0.243. The molecule has 3 rings (SSSR count). The van der Waals surface area contributed by atoms with Gasteiger partial charge in [-0.05, 0) is 54.6 Å². The molecule has 132 valence electrons. The van der Waals surface area contributed by atoms with E-state index in [2.05, 4.69) is 15.6 Å². The normalized spacial score (nSPS) is 10.3. The van der Waals surface area contributed by atoms with Crippen LogP contribution in [0.1, 0.15) is 10.4 Å². The first-order chi connectivity index (χ1) is 12.5. The number of pyridine rings is 1. The third kappa shape index (κ3) is 4.36. The summed E-state index contributed by atoms with van der Waals surface area (Å²) >= 11 is 0. The predicted octanol–water partition coefficient (Wildman–Crippen LogP) is 4.28. The molecule has 0 aliphatic carbocycles. The Bertz CT molecular complexity index is 910. The zero-order chi connectivity index (χ0) is 18.5. The van der Waals surface area contributed by atoms with Crippen molar-refractivity contribution in [1.29, 1.82) is 0 Å². The predicted molar refractivity (Wildman–Crippen MR) is 103 cm³/mol. The molecule has 6 heteroatoms. The van der Waals surface area contributed by atoms with Crippen molar-refractivity contribution < 1.29 is 9.18 Å². The van der Waals surface area contributed by atoms with Crippen LogP contribution in [-0.4, -0.2) is 25.0 Å². The zero-order valence-electron chi connectivity index (χ0n) is 14.5. The highest BCUT2D eigenvalue weighted by atomic mass is 19.1. The molecule has 0 atom stereocenters. The molecule has 0 spiro atoms. The van der Waals surface area contributed by atoms with Crippen LogP contribution in [0.3, 0.4) is 0 Å². The molecule has 5 nitrogen and oxygen atoms in total. The van der Waals surface area contributed by atoms with Crippen LogP contribution in [0, 0.1) is 5.82 Å². The number of nitrogens with zero attached hydrogens (tertiary/aromatic N) is 2. The molecule has 0 saturated carbocycles. The van der Waals surface area contributed by atoms with Crippen LogP contribution in [0.15, 0.2) is 66.9 Å². The Kier molecular flexibility index (Phi) is 5.12. The van der Waals surface area contributed by atoms with Crippen molar-refractivity contribution >= 4 is 28.8 Å². The van der Waals surface area contributed by atoms with Crippen molar-refractivity contribution in [2.75, 3.05) is 29.6 Å². The molecule has 1 aromatic heterocycles. The second-order valence-electron chi connectivity index (χ2n) is 5.96. The average molecular weight is 350 g/mol. The van der Waals surface area contributed by atoms with Gasteiger partial charge in [0.25, 0.3) is 5.91 Å². The summed E-state index contributed by atoms with van der Waals surface area (Å²) in [5.41, 5.74) is 2.77. The maximum absolute atomic E-state index is 13.3. The quantitative estimate of drug-likeness (QED) is 0.721. The van der Waals surface area contributed by atoms with Gasteiger partial charge in [0.05, 0.1) is 0 Å². The van der Waals surface area contributed by atoms with Gasteiger partial charge in [-0.2, -0.15) is 0 Å². The Hall–Kier alpha value is -3.41. The van der Waals surface area contributed by atoms with Crippen LogP contribution in [0.4, 0.5) is 27.3 Å². The number of aromatic nitrogens is 1. The number of anilines is 4. The molecule has 0 bridgehead atoms. The van der Waals surface area contributed by atoms with E-state index < -0.39 is 0 Å². The number of benzene rings is 2. The number of halogens is 1. The molecule has 1 amide bonds. The Morgan fingerprint density at radius 1 is 1.00 bits per heavy atom. The lowest BCUT2D eigenvalue weighted by Gasteiger charge is -2.13. The van der Waals surface area contributed by atoms with Gasteiger partial charge in [0, 0.05) is 42.9 Å². The van der Waals surface area contributed by atoms with E-state index in [0.717, 1.165) is 5.69 Å². The number of carbonyl (C=O) groups is 1. The lowest BCUT2D eigenvalue weighted by atomic mass is 10.2. The summed E-state index contributed by atoms with van der Waals surface area (Å²) in [6.45, 7) is 0. The van der Waals surface area contributed by atoms with E-state index in [0.29, 0.717) is 22.8 Å². The summed E-state index contributed by atoms with van der Waals surface area (Å²) in [4.78, 5) is 18.6. The van der Waals surface area contributed by atoms with Crippen LogP contribution < -0.4 is 15.5 Å². The minimum Gasteiger partial charge on any atom is -0.378 e. The third-order valence-electron chi connectivity index (χ3n) is 3.76. The van der Waals surface area contributed by atoms with Gasteiger partial charge in [-0.1, -0.05) is 6.07 Å². The fraction of sp³-hybridized carbons (Fsp3) is 0.100. The van der Waals surface area contributed by atoms with Crippen molar-refractivity contribution in [3.63, 3.8) is 0 Å². The molecule has 0 unspecified atom stereocenters. The lowest BCUT2D eigenvalue weighted by molar-refractivity contribution is 0.102. The third-order valence-corrected chi connectivity index (χ3v) is 3.76. The van der Waals surface area contributed by atoms with Gasteiger partial charge in [0.15, 0.2) is 0 Å². The van der Waals surface area contributed by atoms with Crippen LogP contribution in [-0.2, 0) is 0 Å². The molecule has 2 N–H and O–H groups in total. The van der Waals surface area contributed by atoms with Gasteiger partial charge in [-0.3, -0.25) is 4.79 Å². The monoisotopic (exact) mass is 350 g/mol. The van der Waals surface area contributed by atoms with Crippen molar-refractivity contribution in [2.24, 2.45) is 0 Å². The summed E-state index contributed by atoms with van der Waals surface area (Å²) in [5.74, 6) is -0.122. The molecule has 2 aromatic carbocycles. The van der Waals surface area contributed by atoms with Gasteiger partial charge in [0.2, 0.25) is 0 Å². The number of hydrogen-bond donors (Lipinski definition) is 2. The van der Waals surface area contributed by atoms with Crippen molar-refractivity contribution in [3.05, 3.63) is 78.2 Å². The van der Waals surface area contributed by atoms with Crippen molar-refractivity contribution in [2.45, 2.75) is 0 Å². The summed E-state index contributed by atoms with van der Waals surface area (Å²) < 4.78 is 13.3. The summed E-state index contributed by atoms with van der Waals surface area (Å²) in [5, 5.41) is 5.84. The van der Waals surface area contributed by atoms with E-state index in [-0.39, 0.29) is 11.7 Å². The van der Waals surface area contributed by atoms with Gasteiger partial charge in [-0.25, -0.2) is 9.37 Å². The minimum atomic E-state index is -0.343. The number of nitrogens with one attached hydrogen (secondary N) is 2. The number of hydrogen-bond acceptors (Lipinski definition) is 4. The first-order valence-corrected chi connectivity index (χ1v) is 8.09. The average Bonchev–Trinajstić information content (AvgIpc) is 2.62. The van der Waals surface area contributed by atoms with Gasteiger partial charge >= 0.3 is 0 Å². The second-order valence-corrected chi connectivity index (χ2v) is 5.96. The SMILES string of the molecule is CN(C)c1ccc(NC(=O)c2ccnc(Nc3cccc(F)c3)c2)cc1. The highest BCUT2D eigenvalue weighted by Gasteiger charge is 2.08. The standard InChI is InChI=1S/C20H19FN4O/c1-25(2)18-8-6-16(7-9-18)24-20(26)14-10-11-22-19(12-14)23-17-5-3-4-15(21)13-17/h3-13H,1-2H3,(H,22,23)(H,24,26). The summed E-state index contributed by atoms with van der Waals surface area (Å²) in [6, 6.07) is 16.9. The van der Waals surface area contributed by atoms with E-state index in [4.69, 9.17) is 0 Å². The van der Waals surface area contributed by atoms with Crippen molar-refractivity contribution in [3.8, 4) is 0 Å². The largest absolute Gasteiger partial charge is 0.378 e. The van der Waals surface area contributed by atoms with Gasteiger partial charge in [0.1, 0.15) is 11.6 Å². The van der Waals surface area contributed by atoms with E-state index >= 15 is 0 Å². The first-order valence-electron chi connectivity index (χ1n) is 8.09. The second kappa shape index (κ2) is 7.65. The topological polar surface area (TPSA) is 57.3 Å². The van der Waals surface area contributed by atoms with E-state index in [1.165, 1.54) is 18.3 Å². The fourth-order valence-electron chi connectivity index (χ4n) is 2.40. The molecular formula is C20H19FN4O. The Balaban J connectivity index is 1.71. The molecule has 0 fully saturated rings. The van der Waals surface area contributed by atoms with Gasteiger partial charge < -0.3 is 15.5 Å². The maximum Gasteiger partial charge on any atom is 0.255 e. The van der Waals surface area contributed by atoms with E-state index in [1.54, 1.807) is 24.3 Å². The summed E-state index contributed by atoms with van der Waals surface area (Å²) in [7, 11) is 3.91. The Morgan fingerprint density at radius 2 is 1.77 bits per heavy atom. The number of rotatable bonds is 5. The molecule has 0 aliphatic rings.